The SMILES string of the molecule is CC(C)(C)OC(=O)Cc1noc(C(=O)O)n1. The summed E-state index contributed by atoms with van der Waals surface area (Å²) in [5.74, 6) is -2.42. The number of esters is 1. The highest BCUT2D eigenvalue weighted by molar-refractivity contribution is 5.82. The van der Waals surface area contributed by atoms with E-state index in [1.54, 1.807) is 20.8 Å². The van der Waals surface area contributed by atoms with E-state index < -0.39 is 23.4 Å². The van der Waals surface area contributed by atoms with E-state index in [0.29, 0.717) is 0 Å². The zero-order valence-corrected chi connectivity index (χ0v) is 9.18. The van der Waals surface area contributed by atoms with Crippen LogP contribution in [0.25, 0.3) is 0 Å². The summed E-state index contributed by atoms with van der Waals surface area (Å²) in [4.78, 5) is 25.2. The molecule has 0 radical (unpaired) electrons. The zero-order chi connectivity index (χ0) is 12.3. The summed E-state index contributed by atoms with van der Waals surface area (Å²) in [6.07, 6.45) is -0.214. The first-order valence-corrected chi connectivity index (χ1v) is 4.55. The first-order chi connectivity index (χ1) is 7.28. The molecular weight excluding hydrogens is 216 g/mol. The van der Waals surface area contributed by atoms with Gasteiger partial charge in [-0.25, -0.2) is 4.79 Å². The first kappa shape index (κ1) is 12.2. The highest BCUT2D eigenvalue weighted by Gasteiger charge is 2.20. The Labute approximate surface area is 91.4 Å². The van der Waals surface area contributed by atoms with Crippen molar-refractivity contribution in [2.24, 2.45) is 0 Å². The Hall–Kier alpha value is -1.92. The Morgan fingerprint density at radius 3 is 2.50 bits per heavy atom. The largest absolute Gasteiger partial charge is 0.474 e. The van der Waals surface area contributed by atoms with Crippen molar-refractivity contribution in [1.29, 1.82) is 0 Å². The molecule has 1 aromatic rings. The van der Waals surface area contributed by atoms with E-state index in [1.807, 2.05) is 0 Å². The van der Waals surface area contributed by atoms with Crippen LogP contribution in [0.2, 0.25) is 0 Å². The van der Waals surface area contributed by atoms with Crippen molar-refractivity contribution in [2.75, 3.05) is 0 Å². The fourth-order valence-corrected chi connectivity index (χ4v) is 0.919. The van der Waals surface area contributed by atoms with Gasteiger partial charge in [-0.2, -0.15) is 4.98 Å². The molecule has 0 aliphatic heterocycles. The van der Waals surface area contributed by atoms with Gasteiger partial charge in [-0.1, -0.05) is 5.16 Å². The molecule has 0 atom stereocenters. The van der Waals surface area contributed by atoms with Gasteiger partial charge in [-0.15, -0.1) is 0 Å². The molecule has 7 nitrogen and oxygen atoms in total. The maximum Gasteiger partial charge on any atom is 0.394 e. The fourth-order valence-electron chi connectivity index (χ4n) is 0.919. The molecule has 0 bridgehead atoms. The number of hydrogen-bond donors (Lipinski definition) is 1. The van der Waals surface area contributed by atoms with Crippen molar-refractivity contribution >= 4 is 11.9 Å². The lowest BCUT2D eigenvalue weighted by atomic mass is 10.2. The molecule has 1 rings (SSSR count). The molecule has 88 valence electrons. The van der Waals surface area contributed by atoms with Crippen LogP contribution in [0.1, 0.15) is 37.3 Å². The van der Waals surface area contributed by atoms with Crippen molar-refractivity contribution in [3.63, 3.8) is 0 Å². The predicted octanol–water partition coefficient (Wildman–Crippen LogP) is 0.652. The minimum absolute atomic E-state index is 0.00773. The summed E-state index contributed by atoms with van der Waals surface area (Å²) in [5.41, 5.74) is -0.601. The van der Waals surface area contributed by atoms with Gasteiger partial charge in [-0.3, -0.25) is 4.79 Å². The molecule has 1 N–H and O–H groups in total. The van der Waals surface area contributed by atoms with Crippen LogP contribution in [-0.2, 0) is 16.0 Å². The topological polar surface area (TPSA) is 103 Å². The highest BCUT2D eigenvalue weighted by Crippen LogP contribution is 2.08. The van der Waals surface area contributed by atoms with Crippen molar-refractivity contribution in [3.8, 4) is 0 Å². The molecule has 7 heteroatoms. The lowest BCUT2D eigenvalue weighted by Crippen LogP contribution is -2.25. The van der Waals surface area contributed by atoms with Gasteiger partial charge in [0.2, 0.25) is 0 Å². The van der Waals surface area contributed by atoms with Crippen molar-refractivity contribution in [2.45, 2.75) is 32.8 Å². The molecular formula is C9H12N2O5. The number of rotatable bonds is 3. The van der Waals surface area contributed by atoms with Crippen LogP contribution >= 0.6 is 0 Å². The number of ether oxygens (including phenoxy) is 1. The van der Waals surface area contributed by atoms with Crippen molar-refractivity contribution in [3.05, 3.63) is 11.7 Å². The zero-order valence-electron chi connectivity index (χ0n) is 9.18. The maximum absolute atomic E-state index is 11.3. The normalized spacial score (nSPS) is 11.2. The van der Waals surface area contributed by atoms with Gasteiger partial charge in [0.15, 0.2) is 5.82 Å². The lowest BCUT2D eigenvalue weighted by molar-refractivity contribution is -0.154. The van der Waals surface area contributed by atoms with E-state index in [2.05, 4.69) is 14.7 Å². The van der Waals surface area contributed by atoms with E-state index in [0.717, 1.165) is 0 Å². The van der Waals surface area contributed by atoms with Gasteiger partial charge in [0.25, 0.3) is 0 Å². The summed E-state index contributed by atoms with van der Waals surface area (Å²) in [7, 11) is 0. The molecule has 0 spiro atoms. The van der Waals surface area contributed by atoms with E-state index in [9.17, 15) is 9.59 Å². The minimum Gasteiger partial charge on any atom is -0.474 e. The number of nitrogens with zero attached hydrogens (tertiary/aromatic N) is 2. The molecule has 0 aromatic carbocycles. The highest BCUT2D eigenvalue weighted by atomic mass is 16.6. The number of carboxylic acids is 1. The monoisotopic (exact) mass is 228 g/mol. The molecule has 0 aliphatic rings. The van der Waals surface area contributed by atoms with Crippen molar-refractivity contribution < 1.29 is 24.0 Å². The number of carbonyl (C=O) groups excluding carboxylic acids is 1. The van der Waals surface area contributed by atoms with Crippen LogP contribution in [0.5, 0.6) is 0 Å². The average Bonchev–Trinajstić information content (AvgIpc) is 2.48. The third-order valence-electron chi connectivity index (χ3n) is 1.37. The second-order valence-corrected chi connectivity index (χ2v) is 4.08. The Morgan fingerprint density at radius 1 is 1.44 bits per heavy atom. The second kappa shape index (κ2) is 4.30. The summed E-state index contributed by atoms with van der Waals surface area (Å²) < 4.78 is 9.39. The molecule has 16 heavy (non-hydrogen) atoms. The third-order valence-corrected chi connectivity index (χ3v) is 1.37. The van der Waals surface area contributed by atoms with Gasteiger partial charge < -0.3 is 14.4 Å². The smallest absolute Gasteiger partial charge is 0.394 e. The summed E-state index contributed by atoms with van der Waals surface area (Å²) in [6, 6.07) is 0. The average molecular weight is 228 g/mol. The Bertz CT molecular complexity index is 404. The molecule has 0 saturated heterocycles. The van der Waals surface area contributed by atoms with Gasteiger partial charge in [0, 0.05) is 0 Å². The third kappa shape index (κ3) is 3.68. The summed E-state index contributed by atoms with van der Waals surface area (Å²) in [5, 5.41) is 11.8. The molecule has 0 fully saturated rings. The van der Waals surface area contributed by atoms with Crippen LogP contribution in [0, 0.1) is 0 Å². The Balaban J connectivity index is 2.60. The molecule has 0 amide bonds. The van der Waals surface area contributed by atoms with Crippen LogP contribution < -0.4 is 0 Å². The van der Waals surface area contributed by atoms with Crippen LogP contribution in [-0.4, -0.2) is 32.8 Å². The Kier molecular flexibility index (Phi) is 3.26. The minimum atomic E-state index is -1.33. The lowest BCUT2D eigenvalue weighted by Gasteiger charge is -2.18. The molecule has 1 heterocycles. The van der Waals surface area contributed by atoms with Crippen molar-refractivity contribution in [1.82, 2.24) is 10.1 Å². The standard InChI is InChI=1S/C9H12N2O5/c1-9(2,3)15-6(12)4-5-10-7(8(13)14)16-11-5/h4H2,1-3H3,(H,13,14). The summed E-state index contributed by atoms with van der Waals surface area (Å²) in [6.45, 7) is 5.18. The van der Waals surface area contributed by atoms with Gasteiger partial charge in [0.1, 0.15) is 12.0 Å². The van der Waals surface area contributed by atoms with Gasteiger partial charge in [-0.05, 0) is 20.8 Å². The maximum atomic E-state index is 11.3. The first-order valence-electron chi connectivity index (χ1n) is 4.55. The van der Waals surface area contributed by atoms with Gasteiger partial charge >= 0.3 is 17.8 Å². The van der Waals surface area contributed by atoms with Crippen LogP contribution in [0.15, 0.2) is 4.52 Å². The summed E-state index contributed by atoms with van der Waals surface area (Å²) >= 11 is 0. The Morgan fingerprint density at radius 2 is 2.06 bits per heavy atom. The predicted molar refractivity (Wildman–Crippen MR) is 50.8 cm³/mol. The quantitative estimate of drug-likeness (QED) is 0.757. The van der Waals surface area contributed by atoms with E-state index in [-0.39, 0.29) is 12.2 Å². The molecule has 0 aliphatic carbocycles. The second-order valence-electron chi connectivity index (χ2n) is 4.08. The number of carboxylic acid groups (broad SMARTS) is 1. The fraction of sp³-hybridized carbons (Fsp3) is 0.556. The number of hydrogen-bond acceptors (Lipinski definition) is 6. The molecule has 0 saturated carbocycles. The van der Waals surface area contributed by atoms with Crippen LogP contribution in [0.4, 0.5) is 0 Å². The number of aromatic carboxylic acids is 1. The van der Waals surface area contributed by atoms with Gasteiger partial charge in [0.05, 0.1) is 0 Å². The van der Waals surface area contributed by atoms with E-state index in [4.69, 9.17) is 9.84 Å². The molecule has 0 unspecified atom stereocenters. The van der Waals surface area contributed by atoms with Crippen LogP contribution in [0.3, 0.4) is 0 Å². The molecule has 1 aromatic heterocycles. The van der Waals surface area contributed by atoms with E-state index in [1.165, 1.54) is 0 Å². The van der Waals surface area contributed by atoms with E-state index >= 15 is 0 Å². The number of aromatic nitrogens is 2. The number of carbonyl (C=O) groups is 2.